The van der Waals surface area contributed by atoms with Crippen LogP contribution in [0.15, 0.2) is 48.6 Å². The van der Waals surface area contributed by atoms with Gasteiger partial charge in [-0.2, -0.15) is 0 Å². The van der Waals surface area contributed by atoms with Crippen molar-refractivity contribution in [2.75, 3.05) is 13.2 Å². The second-order valence-electron chi connectivity index (χ2n) is 6.37. The summed E-state index contributed by atoms with van der Waals surface area (Å²) in [6.07, 6.45) is 1.37. The van der Waals surface area contributed by atoms with E-state index >= 15 is 0 Å². The van der Waals surface area contributed by atoms with Gasteiger partial charge >= 0.3 is 11.9 Å². The quantitative estimate of drug-likeness (QED) is 0.319. The Balaban J connectivity index is 1.92. The van der Waals surface area contributed by atoms with Crippen LogP contribution < -0.4 is 0 Å². The third kappa shape index (κ3) is 7.56. The third-order valence-corrected chi connectivity index (χ3v) is 3.89. The van der Waals surface area contributed by atoms with Gasteiger partial charge < -0.3 is 9.47 Å². The van der Waals surface area contributed by atoms with Crippen molar-refractivity contribution < 1.29 is 19.1 Å². The first-order valence-corrected chi connectivity index (χ1v) is 9.49. The molecule has 29 heavy (non-hydrogen) atoms. The molecule has 0 radical (unpaired) electrons. The van der Waals surface area contributed by atoms with E-state index in [1.807, 2.05) is 36.4 Å². The first-order valence-electron chi connectivity index (χ1n) is 9.49. The summed E-state index contributed by atoms with van der Waals surface area (Å²) in [5.74, 6) is 11.6. The Labute approximate surface area is 171 Å². The van der Waals surface area contributed by atoms with Crippen LogP contribution in [-0.2, 0) is 19.1 Å². The Hall–Kier alpha value is -3.50. The molecule has 0 heterocycles. The number of carbonyl (C=O) groups excluding carboxylic acids is 2. The van der Waals surface area contributed by atoms with Gasteiger partial charge in [-0.25, -0.2) is 4.79 Å². The highest BCUT2D eigenvalue weighted by molar-refractivity contribution is 5.87. The summed E-state index contributed by atoms with van der Waals surface area (Å²) in [4.78, 5) is 22.4. The average Bonchev–Trinajstić information content (AvgIpc) is 2.72. The minimum Gasteiger partial charge on any atom is -0.465 e. The van der Waals surface area contributed by atoms with Crippen molar-refractivity contribution in [1.29, 1.82) is 0 Å². The third-order valence-electron chi connectivity index (χ3n) is 3.89. The van der Waals surface area contributed by atoms with Crippen LogP contribution in [0.4, 0.5) is 0 Å². The lowest BCUT2D eigenvalue weighted by Crippen LogP contribution is -2.05. The molecular weight excluding hydrogens is 364 g/mol. The summed E-state index contributed by atoms with van der Waals surface area (Å²) in [5, 5.41) is 2.16. The standard InChI is InChI=1S/C25H24O4/c1-4-24(26)28-15-7-5-9-20-11-13-23-18-21(12-14-22(23)17-20)10-6-8-16-29-25(27)19(2)3/h11-14,17-18H,2,4,7-8,15-16H2,1,3H3. The fourth-order valence-corrected chi connectivity index (χ4v) is 2.37. The largest absolute Gasteiger partial charge is 0.465 e. The maximum atomic E-state index is 11.3. The number of fused-ring (bicyclic) bond motifs is 1. The second kappa shape index (κ2) is 11.4. The van der Waals surface area contributed by atoms with Gasteiger partial charge in [0.25, 0.3) is 0 Å². The summed E-state index contributed by atoms with van der Waals surface area (Å²) >= 11 is 0. The lowest BCUT2D eigenvalue weighted by Gasteiger charge is -2.01. The van der Waals surface area contributed by atoms with E-state index in [1.54, 1.807) is 13.8 Å². The van der Waals surface area contributed by atoms with Crippen molar-refractivity contribution in [3.8, 4) is 23.7 Å². The molecule has 2 aromatic carbocycles. The molecular formula is C25H24O4. The Morgan fingerprint density at radius 2 is 1.41 bits per heavy atom. The van der Waals surface area contributed by atoms with Gasteiger partial charge in [0.15, 0.2) is 0 Å². The highest BCUT2D eigenvalue weighted by Gasteiger charge is 2.01. The van der Waals surface area contributed by atoms with Crippen LogP contribution >= 0.6 is 0 Å². The summed E-state index contributed by atoms with van der Waals surface area (Å²) in [5.41, 5.74) is 2.20. The number of benzene rings is 2. The number of rotatable bonds is 6. The van der Waals surface area contributed by atoms with Crippen LogP contribution in [-0.4, -0.2) is 25.2 Å². The molecule has 0 unspecified atom stereocenters. The number of hydrogen-bond acceptors (Lipinski definition) is 4. The van der Waals surface area contributed by atoms with E-state index in [4.69, 9.17) is 9.47 Å². The molecule has 4 heteroatoms. The SMILES string of the molecule is C=C(C)C(=O)OCCC#Cc1ccc2cc(C#CCCOC(=O)CC)ccc2c1. The molecule has 0 saturated heterocycles. The van der Waals surface area contributed by atoms with E-state index in [9.17, 15) is 9.59 Å². The Morgan fingerprint density at radius 1 is 0.897 bits per heavy atom. The van der Waals surface area contributed by atoms with E-state index < -0.39 is 5.97 Å². The molecule has 0 aliphatic carbocycles. The van der Waals surface area contributed by atoms with Crippen LogP contribution in [0.5, 0.6) is 0 Å². The number of carbonyl (C=O) groups is 2. The predicted molar refractivity (Wildman–Crippen MR) is 114 cm³/mol. The lowest BCUT2D eigenvalue weighted by atomic mass is 10.0. The zero-order valence-corrected chi connectivity index (χ0v) is 16.8. The van der Waals surface area contributed by atoms with Gasteiger partial charge in [-0.05, 0) is 42.0 Å². The van der Waals surface area contributed by atoms with Gasteiger partial charge in [-0.1, -0.05) is 49.3 Å². The fraction of sp³-hybridized carbons (Fsp3) is 0.280. The van der Waals surface area contributed by atoms with Crippen molar-refractivity contribution >= 4 is 22.7 Å². The normalized spacial score (nSPS) is 9.59. The van der Waals surface area contributed by atoms with Crippen LogP contribution in [0.1, 0.15) is 44.2 Å². The first kappa shape index (κ1) is 21.8. The van der Waals surface area contributed by atoms with Crippen LogP contribution in [0, 0.1) is 23.7 Å². The minimum atomic E-state index is -0.390. The van der Waals surface area contributed by atoms with Crippen molar-refractivity contribution in [2.24, 2.45) is 0 Å². The Kier molecular flexibility index (Phi) is 8.54. The number of ether oxygens (including phenoxy) is 2. The zero-order valence-electron chi connectivity index (χ0n) is 16.8. The summed E-state index contributed by atoms with van der Waals surface area (Å²) in [6.45, 7) is 7.49. The van der Waals surface area contributed by atoms with Crippen molar-refractivity contribution in [3.05, 3.63) is 59.7 Å². The molecule has 0 aliphatic rings. The molecule has 0 bridgehead atoms. The van der Waals surface area contributed by atoms with E-state index in [0.29, 0.717) is 31.4 Å². The molecule has 0 spiro atoms. The van der Waals surface area contributed by atoms with Gasteiger partial charge in [-0.3, -0.25) is 4.79 Å². The Bertz CT molecular complexity index is 1030. The highest BCUT2D eigenvalue weighted by Crippen LogP contribution is 2.17. The Morgan fingerprint density at radius 3 is 1.90 bits per heavy atom. The summed E-state index contributed by atoms with van der Waals surface area (Å²) in [6, 6.07) is 12.0. The zero-order chi connectivity index (χ0) is 21.1. The molecule has 4 nitrogen and oxygen atoms in total. The minimum absolute atomic E-state index is 0.204. The first-order chi connectivity index (χ1) is 14.0. The van der Waals surface area contributed by atoms with Crippen LogP contribution in [0.25, 0.3) is 10.8 Å². The second-order valence-corrected chi connectivity index (χ2v) is 6.37. The van der Waals surface area contributed by atoms with Crippen molar-refractivity contribution in [2.45, 2.75) is 33.1 Å². The summed E-state index contributed by atoms with van der Waals surface area (Å²) in [7, 11) is 0. The lowest BCUT2D eigenvalue weighted by molar-refractivity contribution is -0.143. The molecule has 2 rings (SSSR count). The molecule has 0 N–H and O–H groups in total. The predicted octanol–water partition coefficient (Wildman–Crippen LogP) is 4.40. The van der Waals surface area contributed by atoms with Crippen molar-refractivity contribution in [3.63, 3.8) is 0 Å². The number of hydrogen-bond donors (Lipinski definition) is 0. The topological polar surface area (TPSA) is 52.6 Å². The molecule has 148 valence electrons. The van der Waals surface area contributed by atoms with Gasteiger partial charge in [0, 0.05) is 36.0 Å². The van der Waals surface area contributed by atoms with Gasteiger partial charge in [0.1, 0.15) is 13.2 Å². The van der Waals surface area contributed by atoms with Crippen LogP contribution in [0.3, 0.4) is 0 Å². The molecule has 0 fully saturated rings. The fourth-order valence-electron chi connectivity index (χ4n) is 2.37. The van der Waals surface area contributed by atoms with E-state index in [0.717, 1.165) is 21.9 Å². The molecule has 0 amide bonds. The van der Waals surface area contributed by atoms with E-state index in [1.165, 1.54) is 0 Å². The van der Waals surface area contributed by atoms with Gasteiger partial charge in [0.05, 0.1) is 0 Å². The molecule has 0 saturated carbocycles. The smallest absolute Gasteiger partial charge is 0.333 e. The monoisotopic (exact) mass is 388 g/mol. The molecule has 0 aliphatic heterocycles. The molecule has 2 aromatic rings. The van der Waals surface area contributed by atoms with E-state index in [2.05, 4.69) is 30.3 Å². The van der Waals surface area contributed by atoms with E-state index in [-0.39, 0.29) is 12.6 Å². The summed E-state index contributed by atoms with van der Waals surface area (Å²) < 4.78 is 10.0. The molecule has 0 atom stereocenters. The number of esters is 2. The van der Waals surface area contributed by atoms with Crippen molar-refractivity contribution in [1.82, 2.24) is 0 Å². The maximum Gasteiger partial charge on any atom is 0.333 e. The van der Waals surface area contributed by atoms with Crippen LogP contribution in [0.2, 0.25) is 0 Å². The average molecular weight is 388 g/mol. The maximum absolute atomic E-state index is 11.3. The van der Waals surface area contributed by atoms with Gasteiger partial charge in [0.2, 0.25) is 0 Å². The molecule has 0 aromatic heterocycles. The van der Waals surface area contributed by atoms with Gasteiger partial charge in [-0.15, -0.1) is 0 Å². The highest BCUT2D eigenvalue weighted by atomic mass is 16.5.